The Bertz CT molecular complexity index is 389. The highest BCUT2D eigenvalue weighted by Gasteiger charge is 2.16. The van der Waals surface area contributed by atoms with Gasteiger partial charge in [-0.1, -0.05) is 11.6 Å². The highest BCUT2D eigenvalue weighted by Crippen LogP contribution is 2.37. The highest BCUT2D eigenvalue weighted by atomic mass is 79.9. The van der Waals surface area contributed by atoms with E-state index in [9.17, 15) is 5.11 Å². The largest absolute Gasteiger partial charge is 0.506 e. The molecule has 0 unspecified atom stereocenters. The second-order valence-electron chi connectivity index (χ2n) is 2.76. The van der Waals surface area contributed by atoms with Crippen LogP contribution in [0.2, 0.25) is 5.02 Å². The summed E-state index contributed by atoms with van der Waals surface area (Å²) in [5, 5.41) is 18.5. The molecule has 0 saturated carbocycles. The first kappa shape index (κ1) is 11.3. The molecule has 1 aromatic rings. The fourth-order valence-electron chi connectivity index (χ4n) is 1.11. The Kier molecular flexibility index (Phi) is 3.76. The van der Waals surface area contributed by atoms with Gasteiger partial charge in [-0.05, 0) is 28.1 Å². The number of phenolic OH excluding ortho intramolecular Hbond substituents is 1. The molecular formula is C9H8BrClN2O. The van der Waals surface area contributed by atoms with Crippen LogP contribution >= 0.6 is 27.5 Å². The van der Waals surface area contributed by atoms with Gasteiger partial charge in [-0.15, -0.1) is 0 Å². The van der Waals surface area contributed by atoms with Gasteiger partial charge in [0, 0.05) is 16.6 Å². The third kappa shape index (κ3) is 2.18. The summed E-state index contributed by atoms with van der Waals surface area (Å²) in [5.74, 6) is 0.000231. The van der Waals surface area contributed by atoms with Crippen LogP contribution in [-0.4, -0.2) is 5.11 Å². The topological polar surface area (TPSA) is 70.0 Å². The van der Waals surface area contributed by atoms with E-state index in [2.05, 4.69) is 15.9 Å². The van der Waals surface area contributed by atoms with Crippen LogP contribution in [-0.2, 0) is 0 Å². The van der Waals surface area contributed by atoms with E-state index in [-0.39, 0.29) is 12.2 Å². The number of phenols is 1. The van der Waals surface area contributed by atoms with Gasteiger partial charge in [0.05, 0.1) is 17.0 Å². The molecule has 1 aromatic carbocycles. The van der Waals surface area contributed by atoms with Gasteiger partial charge < -0.3 is 10.8 Å². The molecule has 0 radical (unpaired) electrons. The van der Waals surface area contributed by atoms with E-state index in [1.54, 1.807) is 12.1 Å². The second kappa shape index (κ2) is 4.65. The van der Waals surface area contributed by atoms with Crippen LogP contribution in [0, 0.1) is 11.3 Å². The summed E-state index contributed by atoms with van der Waals surface area (Å²) in [4.78, 5) is 0. The smallest absolute Gasteiger partial charge is 0.136 e. The van der Waals surface area contributed by atoms with Crippen LogP contribution in [0.4, 0.5) is 0 Å². The number of rotatable bonds is 2. The zero-order chi connectivity index (χ0) is 10.7. The second-order valence-corrected chi connectivity index (χ2v) is 4.02. The molecule has 3 N–H and O–H groups in total. The molecule has 0 aliphatic heterocycles. The molecule has 74 valence electrons. The SMILES string of the molecule is N#CC[C@@H](N)c1c(Cl)ccc(Br)c1O. The van der Waals surface area contributed by atoms with Crippen molar-refractivity contribution < 1.29 is 5.11 Å². The van der Waals surface area contributed by atoms with Gasteiger partial charge in [0.25, 0.3) is 0 Å². The summed E-state index contributed by atoms with van der Waals surface area (Å²) < 4.78 is 0.519. The van der Waals surface area contributed by atoms with Crippen molar-refractivity contribution in [2.24, 2.45) is 5.73 Å². The number of nitrogens with zero attached hydrogens (tertiary/aromatic N) is 1. The lowest BCUT2D eigenvalue weighted by molar-refractivity contribution is 0.458. The molecule has 0 amide bonds. The molecule has 0 aromatic heterocycles. The molecule has 1 rings (SSSR count). The molecule has 14 heavy (non-hydrogen) atoms. The minimum atomic E-state index is -0.565. The summed E-state index contributed by atoms with van der Waals surface area (Å²) in [5.41, 5.74) is 6.09. The first-order valence-corrected chi connectivity index (χ1v) is 5.04. The van der Waals surface area contributed by atoms with E-state index in [1.165, 1.54) is 0 Å². The van der Waals surface area contributed by atoms with Crippen molar-refractivity contribution in [1.29, 1.82) is 5.26 Å². The maximum Gasteiger partial charge on any atom is 0.136 e. The molecule has 0 aliphatic carbocycles. The van der Waals surface area contributed by atoms with Crippen LogP contribution in [0.15, 0.2) is 16.6 Å². The van der Waals surface area contributed by atoms with Gasteiger partial charge in [-0.25, -0.2) is 0 Å². The third-order valence-corrected chi connectivity index (χ3v) is 2.77. The summed E-state index contributed by atoms with van der Waals surface area (Å²) in [6, 6.07) is 4.61. The predicted molar refractivity (Wildman–Crippen MR) is 58.0 cm³/mol. The lowest BCUT2D eigenvalue weighted by Crippen LogP contribution is -2.10. The number of aromatic hydroxyl groups is 1. The standard InChI is InChI=1S/C9H8BrClN2O/c10-5-1-2-6(11)8(9(5)14)7(13)3-4-12/h1-2,7,14H,3,13H2/t7-/m1/s1. The summed E-state index contributed by atoms with van der Waals surface area (Å²) in [6.07, 6.45) is 0.115. The van der Waals surface area contributed by atoms with Crippen LogP contribution in [0.5, 0.6) is 5.75 Å². The van der Waals surface area contributed by atoms with Gasteiger partial charge in [0.2, 0.25) is 0 Å². The Labute approximate surface area is 95.2 Å². The number of hydrogen-bond donors (Lipinski definition) is 2. The zero-order valence-corrected chi connectivity index (χ0v) is 9.51. The highest BCUT2D eigenvalue weighted by molar-refractivity contribution is 9.10. The van der Waals surface area contributed by atoms with Crippen LogP contribution < -0.4 is 5.73 Å². The van der Waals surface area contributed by atoms with E-state index >= 15 is 0 Å². The molecular weight excluding hydrogens is 267 g/mol. The van der Waals surface area contributed by atoms with Gasteiger partial charge in [0.1, 0.15) is 5.75 Å². The lowest BCUT2D eigenvalue weighted by atomic mass is 10.0. The Morgan fingerprint density at radius 2 is 2.29 bits per heavy atom. The van der Waals surface area contributed by atoms with E-state index < -0.39 is 6.04 Å². The summed E-state index contributed by atoms with van der Waals surface area (Å²) in [6.45, 7) is 0. The van der Waals surface area contributed by atoms with E-state index in [0.29, 0.717) is 15.1 Å². The van der Waals surface area contributed by atoms with E-state index in [4.69, 9.17) is 22.6 Å². The zero-order valence-electron chi connectivity index (χ0n) is 7.17. The molecule has 0 heterocycles. The number of benzene rings is 1. The Hall–Kier alpha value is -0.760. The van der Waals surface area contributed by atoms with Gasteiger partial charge in [-0.2, -0.15) is 5.26 Å². The van der Waals surface area contributed by atoms with Gasteiger partial charge in [0.15, 0.2) is 0 Å². The molecule has 3 nitrogen and oxygen atoms in total. The van der Waals surface area contributed by atoms with Crippen molar-refractivity contribution in [2.45, 2.75) is 12.5 Å². The minimum Gasteiger partial charge on any atom is -0.506 e. The lowest BCUT2D eigenvalue weighted by Gasteiger charge is -2.13. The normalized spacial score (nSPS) is 12.1. The first-order chi connectivity index (χ1) is 6.57. The van der Waals surface area contributed by atoms with Crippen molar-refractivity contribution in [1.82, 2.24) is 0 Å². The average Bonchev–Trinajstić information content (AvgIpc) is 2.13. The van der Waals surface area contributed by atoms with Crippen molar-refractivity contribution in [2.75, 3.05) is 0 Å². The van der Waals surface area contributed by atoms with Crippen molar-refractivity contribution in [3.63, 3.8) is 0 Å². The van der Waals surface area contributed by atoms with Crippen molar-refractivity contribution >= 4 is 27.5 Å². The Balaban J connectivity index is 3.19. The van der Waals surface area contributed by atoms with Crippen LogP contribution in [0.3, 0.4) is 0 Å². The number of nitriles is 1. The maximum atomic E-state index is 9.65. The van der Waals surface area contributed by atoms with Gasteiger partial charge >= 0.3 is 0 Å². The third-order valence-electron chi connectivity index (χ3n) is 1.80. The Morgan fingerprint density at radius 1 is 1.64 bits per heavy atom. The molecule has 0 fully saturated rings. The van der Waals surface area contributed by atoms with Crippen molar-refractivity contribution in [3.05, 3.63) is 27.2 Å². The predicted octanol–water partition coefficient (Wildman–Crippen LogP) is 2.72. The monoisotopic (exact) mass is 274 g/mol. The quantitative estimate of drug-likeness (QED) is 0.872. The maximum absolute atomic E-state index is 9.65. The number of halogens is 2. The van der Waals surface area contributed by atoms with Gasteiger partial charge in [-0.3, -0.25) is 0 Å². The van der Waals surface area contributed by atoms with Crippen LogP contribution in [0.25, 0.3) is 0 Å². The average molecular weight is 276 g/mol. The fourth-order valence-corrected chi connectivity index (χ4v) is 1.75. The van der Waals surface area contributed by atoms with E-state index in [0.717, 1.165) is 0 Å². The molecule has 0 spiro atoms. The van der Waals surface area contributed by atoms with E-state index in [1.807, 2.05) is 6.07 Å². The number of nitrogens with two attached hydrogens (primary N) is 1. The first-order valence-electron chi connectivity index (χ1n) is 3.87. The molecule has 5 heteroatoms. The van der Waals surface area contributed by atoms with Crippen LogP contribution in [0.1, 0.15) is 18.0 Å². The molecule has 0 saturated heterocycles. The van der Waals surface area contributed by atoms with Crippen molar-refractivity contribution in [3.8, 4) is 11.8 Å². The summed E-state index contributed by atoms with van der Waals surface area (Å²) >= 11 is 9.01. The minimum absolute atomic E-state index is 0.000231. The molecule has 1 atom stereocenters. The summed E-state index contributed by atoms with van der Waals surface area (Å²) in [7, 11) is 0. The number of hydrogen-bond acceptors (Lipinski definition) is 3. The Morgan fingerprint density at radius 3 is 2.86 bits per heavy atom. The molecule has 0 bridgehead atoms. The fraction of sp³-hybridized carbons (Fsp3) is 0.222. The molecule has 0 aliphatic rings.